The van der Waals surface area contributed by atoms with Gasteiger partial charge in [-0.05, 0) is 0 Å². The maximum absolute atomic E-state index is 10.0. The second-order valence-electron chi connectivity index (χ2n) is 1.31. The highest BCUT2D eigenvalue weighted by atomic mass is 32.2. The molecule has 0 fully saturated rings. The van der Waals surface area contributed by atoms with Crippen LogP contribution in [0.3, 0.4) is 0 Å². The lowest BCUT2D eigenvalue weighted by atomic mass is 11.0. The van der Waals surface area contributed by atoms with Crippen LogP contribution in [0, 0.1) is 0 Å². The number of hydrogen-bond acceptors (Lipinski definition) is 4. The Kier molecular flexibility index (Phi) is 2.57. The van der Waals surface area contributed by atoms with E-state index in [1.807, 2.05) is 0 Å². The average Bonchev–Trinajstić information content (AvgIpc) is 1.60. The van der Waals surface area contributed by atoms with Gasteiger partial charge >= 0.3 is 16.3 Å². The molecule has 0 aliphatic rings. The fraction of sp³-hybridized carbons (Fsp3) is 0.500. The molecule has 8 heteroatoms. The van der Waals surface area contributed by atoms with Crippen molar-refractivity contribution in [1.29, 1.82) is 0 Å². The number of urea groups is 1. The Morgan fingerprint density at radius 3 is 2.00 bits per heavy atom. The maximum Gasteiger partial charge on any atom is 0.365 e. The van der Waals surface area contributed by atoms with Crippen LogP contribution in [-0.2, 0) is 10.3 Å². The Balaban J connectivity index is 4.55. The normalized spacial score (nSPS) is 11.0. The van der Waals surface area contributed by atoms with E-state index in [1.165, 1.54) is 0 Å². The zero-order chi connectivity index (χ0) is 8.36. The van der Waals surface area contributed by atoms with Gasteiger partial charge in [-0.25, -0.2) is 4.79 Å². The van der Waals surface area contributed by atoms with Crippen molar-refractivity contribution in [3.05, 3.63) is 0 Å². The molecule has 0 saturated carbocycles. The average molecular weight is 170 g/mol. The summed E-state index contributed by atoms with van der Waals surface area (Å²) >= 11 is 0. The Morgan fingerprint density at radius 1 is 1.60 bits per heavy atom. The van der Waals surface area contributed by atoms with Crippen molar-refractivity contribution in [3.63, 3.8) is 0 Å². The van der Waals surface area contributed by atoms with E-state index in [1.54, 1.807) is 0 Å². The van der Waals surface area contributed by atoms with Gasteiger partial charge in [0.15, 0.2) is 0 Å². The lowest BCUT2D eigenvalue weighted by Crippen LogP contribution is -2.40. The number of aliphatic hydroxyl groups excluding tert-OH is 1. The van der Waals surface area contributed by atoms with Crippen molar-refractivity contribution in [1.82, 2.24) is 4.31 Å². The quantitative estimate of drug-likeness (QED) is 0.331. The van der Waals surface area contributed by atoms with Crippen molar-refractivity contribution in [3.8, 4) is 0 Å². The lowest BCUT2D eigenvalue weighted by molar-refractivity contribution is 0.170. The topological polar surface area (TPSA) is 121 Å². The highest BCUT2D eigenvalue weighted by molar-refractivity contribution is 7.83. The van der Waals surface area contributed by atoms with Gasteiger partial charge in [-0.3, -0.25) is 4.55 Å². The third-order valence-electron chi connectivity index (χ3n) is 0.653. The number of hydrogen-bond donors (Lipinski definition) is 3. The fourth-order valence-corrected chi connectivity index (χ4v) is 0.630. The van der Waals surface area contributed by atoms with E-state index in [4.69, 9.17) is 9.66 Å². The summed E-state index contributed by atoms with van der Waals surface area (Å²) in [5, 5.41) is 8.12. The molecule has 0 aliphatic heterocycles. The third-order valence-corrected chi connectivity index (χ3v) is 1.51. The highest BCUT2D eigenvalue weighted by Gasteiger charge is 2.20. The summed E-state index contributed by atoms with van der Waals surface area (Å²) in [4.78, 5) is 10.0. The molecule has 4 N–H and O–H groups in total. The molecule has 0 unspecified atom stereocenters. The Labute approximate surface area is 56.9 Å². The number of amides is 2. The molecule has 0 spiro atoms. The first kappa shape index (κ1) is 9.14. The molecule has 0 aromatic rings. The van der Waals surface area contributed by atoms with Crippen molar-refractivity contribution < 1.29 is 22.9 Å². The predicted molar refractivity (Wildman–Crippen MR) is 30.1 cm³/mol. The number of carbonyl (C=O) groups is 1. The lowest BCUT2D eigenvalue weighted by Gasteiger charge is -2.11. The molecular formula is C2H6N2O5S. The van der Waals surface area contributed by atoms with Gasteiger partial charge in [0.05, 0.1) is 0 Å². The molecule has 2 amide bonds. The third kappa shape index (κ3) is 2.17. The molecule has 0 aromatic heterocycles. The SMILES string of the molecule is NC(=O)N(CO)S(=O)(=O)O. The van der Waals surface area contributed by atoms with Gasteiger partial charge in [-0.1, -0.05) is 0 Å². The number of nitrogens with two attached hydrogens (primary N) is 1. The van der Waals surface area contributed by atoms with Gasteiger partial charge in [0.25, 0.3) is 0 Å². The van der Waals surface area contributed by atoms with E-state index in [0.717, 1.165) is 0 Å². The summed E-state index contributed by atoms with van der Waals surface area (Å²) < 4.78 is 27.8. The van der Waals surface area contributed by atoms with Gasteiger partial charge in [0.2, 0.25) is 0 Å². The Hall–Kier alpha value is -0.860. The van der Waals surface area contributed by atoms with Crippen LogP contribution in [0.2, 0.25) is 0 Å². The van der Waals surface area contributed by atoms with E-state index < -0.39 is 23.1 Å². The van der Waals surface area contributed by atoms with Gasteiger partial charge in [0, 0.05) is 0 Å². The molecular weight excluding hydrogens is 164 g/mol. The molecule has 0 atom stereocenters. The highest BCUT2D eigenvalue weighted by Crippen LogP contribution is 1.92. The number of nitrogens with zero attached hydrogens (tertiary/aromatic N) is 1. The van der Waals surface area contributed by atoms with Crippen LogP contribution in [0.15, 0.2) is 0 Å². The van der Waals surface area contributed by atoms with Crippen molar-refractivity contribution in [2.75, 3.05) is 6.73 Å². The minimum atomic E-state index is -4.71. The van der Waals surface area contributed by atoms with Gasteiger partial charge < -0.3 is 10.8 Å². The van der Waals surface area contributed by atoms with E-state index in [-0.39, 0.29) is 4.31 Å². The largest absolute Gasteiger partial charge is 0.375 e. The molecule has 0 bridgehead atoms. The van der Waals surface area contributed by atoms with Crippen molar-refractivity contribution in [2.45, 2.75) is 0 Å². The maximum atomic E-state index is 10.0. The minimum absolute atomic E-state index is 0.299. The Morgan fingerprint density at radius 2 is 2.00 bits per heavy atom. The molecule has 60 valence electrons. The zero-order valence-corrected chi connectivity index (χ0v) is 5.58. The number of rotatable bonds is 2. The van der Waals surface area contributed by atoms with E-state index in [2.05, 4.69) is 5.73 Å². The van der Waals surface area contributed by atoms with Gasteiger partial charge in [0.1, 0.15) is 6.73 Å². The van der Waals surface area contributed by atoms with Crippen molar-refractivity contribution in [2.24, 2.45) is 5.73 Å². The van der Waals surface area contributed by atoms with Crippen LogP contribution >= 0.6 is 0 Å². The monoisotopic (exact) mass is 170 g/mol. The molecule has 0 aromatic carbocycles. The summed E-state index contributed by atoms with van der Waals surface area (Å²) in [5.74, 6) is 0. The van der Waals surface area contributed by atoms with Crippen LogP contribution in [-0.4, -0.2) is 35.1 Å². The smallest absolute Gasteiger partial charge is 0.365 e. The van der Waals surface area contributed by atoms with E-state index in [0.29, 0.717) is 0 Å². The molecule has 0 saturated heterocycles. The summed E-state index contributed by atoms with van der Waals surface area (Å²) in [6, 6.07) is -1.44. The summed E-state index contributed by atoms with van der Waals surface area (Å²) in [7, 11) is -4.71. The van der Waals surface area contributed by atoms with Crippen LogP contribution in [0.4, 0.5) is 4.79 Å². The second kappa shape index (κ2) is 2.82. The summed E-state index contributed by atoms with van der Waals surface area (Å²) in [6.07, 6.45) is 0. The molecule has 0 heterocycles. The van der Waals surface area contributed by atoms with Gasteiger partial charge in [-0.2, -0.15) is 12.7 Å². The molecule has 0 aliphatic carbocycles. The first-order chi connectivity index (χ1) is 4.39. The summed E-state index contributed by atoms with van der Waals surface area (Å²) in [6.45, 7) is -1.17. The van der Waals surface area contributed by atoms with Crippen molar-refractivity contribution >= 4 is 16.3 Å². The fourth-order valence-electron chi connectivity index (χ4n) is 0.256. The van der Waals surface area contributed by atoms with Crippen LogP contribution in [0.25, 0.3) is 0 Å². The Bertz CT molecular complexity index is 220. The first-order valence-electron chi connectivity index (χ1n) is 2.05. The van der Waals surface area contributed by atoms with E-state index in [9.17, 15) is 13.2 Å². The number of carbonyl (C=O) groups excluding carboxylic acids is 1. The molecule has 0 rings (SSSR count). The standard InChI is InChI=1S/C2H6N2O5S/c3-2(6)4(1-5)10(7,8)9/h5H,1H2,(H2,3,6)(H,7,8,9). The second-order valence-corrected chi connectivity index (χ2v) is 2.64. The van der Waals surface area contributed by atoms with E-state index >= 15 is 0 Å². The van der Waals surface area contributed by atoms with Crippen LogP contribution in [0.5, 0.6) is 0 Å². The molecule has 10 heavy (non-hydrogen) atoms. The van der Waals surface area contributed by atoms with Crippen LogP contribution in [0.1, 0.15) is 0 Å². The zero-order valence-electron chi connectivity index (χ0n) is 4.76. The number of primary amides is 1. The first-order valence-corrected chi connectivity index (χ1v) is 3.44. The number of aliphatic hydroxyl groups is 1. The molecule has 7 nitrogen and oxygen atoms in total. The predicted octanol–water partition coefficient (Wildman–Crippen LogP) is -1.88. The summed E-state index contributed by atoms with van der Waals surface area (Å²) in [5.41, 5.74) is 4.42. The molecule has 0 radical (unpaired) electrons. The van der Waals surface area contributed by atoms with Gasteiger partial charge in [-0.15, -0.1) is 0 Å². The van der Waals surface area contributed by atoms with Crippen LogP contribution < -0.4 is 5.73 Å². The minimum Gasteiger partial charge on any atom is -0.375 e.